The molecule has 0 bridgehead atoms. The number of ether oxygens (including phenoxy) is 2. The lowest BCUT2D eigenvalue weighted by Crippen LogP contribution is -2.47. The number of nitrogens with zero attached hydrogens (tertiary/aromatic N) is 4. The van der Waals surface area contributed by atoms with Gasteiger partial charge in [-0.05, 0) is 42.0 Å². The molecule has 0 N–H and O–H groups in total. The summed E-state index contributed by atoms with van der Waals surface area (Å²) in [5, 5.41) is 6.17. The van der Waals surface area contributed by atoms with Gasteiger partial charge in [0.15, 0.2) is 0 Å². The molecule has 1 fully saturated rings. The summed E-state index contributed by atoms with van der Waals surface area (Å²) in [6.07, 6.45) is 2.12. The standard InChI is InChI=1S/C26H34N4O5/c1-19(2)26(32)29(11-10-28-12-15-34-16-13-28)18-25(31)30-23(24-5-4-14-35-24)17-22(27-30)20-6-8-21(33-3)9-7-20/h4-9,14,19,23H,10-13,15-18H2,1-3H3/t23-/m0/s1. The lowest BCUT2D eigenvalue weighted by molar-refractivity contribution is -0.143. The van der Waals surface area contributed by atoms with Crippen molar-refractivity contribution in [3.8, 4) is 5.75 Å². The van der Waals surface area contributed by atoms with E-state index in [0.717, 1.165) is 30.1 Å². The highest BCUT2D eigenvalue weighted by Crippen LogP contribution is 2.33. The highest BCUT2D eigenvalue weighted by molar-refractivity contribution is 6.03. The molecule has 188 valence electrons. The molecule has 1 aromatic carbocycles. The number of amides is 2. The number of carbonyl (C=O) groups is 2. The molecule has 0 saturated carbocycles. The fraction of sp³-hybridized carbons (Fsp3) is 0.500. The van der Waals surface area contributed by atoms with E-state index in [1.807, 2.05) is 44.2 Å². The van der Waals surface area contributed by atoms with Gasteiger partial charge in [-0.15, -0.1) is 0 Å². The predicted molar refractivity (Wildman–Crippen MR) is 131 cm³/mol. The normalized spacial score (nSPS) is 18.6. The Kier molecular flexibility index (Phi) is 8.20. The molecule has 1 aromatic heterocycles. The van der Waals surface area contributed by atoms with Crippen LogP contribution in [0.5, 0.6) is 5.75 Å². The Morgan fingerprint density at radius 3 is 2.54 bits per heavy atom. The fourth-order valence-corrected chi connectivity index (χ4v) is 4.36. The minimum absolute atomic E-state index is 0.0298. The van der Waals surface area contributed by atoms with Gasteiger partial charge in [-0.2, -0.15) is 5.10 Å². The third-order valence-electron chi connectivity index (χ3n) is 6.38. The highest BCUT2D eigenvalue weighted by Gasteiger charge is 2.36. The second-order valence-corrected chi connectivity index (χ2v) is 9.12. The van der Waals surface area contributed by atoms with E-state index in [1.165, 1.54) is 5.01 Å². The molecule has 0 spiro atoms. The van der Waals surface area contributed by atoms with E-state index in [9.17, 15) is 9.59 Å². The molecule has 0 aliphatic carbocycles. The van der Waals surface area contributed by atoms with Gasteiger partial charge in [0, 0.05) is 38.5 Å². The second kappa shape index (κ2) is 11.5. The lowest BCUT2D eigenvalue weighted by atomic mass is 10.0. The van der Waals surface area contributed by atoms with Gasteiger partial charge in [-0.1, -0.05) is 13.8 Å². The number of methoxy groups -OCH3 is 1. The fourth-order valence-electron chi connectivity index (χ4n) is 4.36. The maximum absolute atomic E-state index is 13.5. The van der Waals surface area contributed by atoms with Crippen LogP contribution in [0.2, 0.25) is 0 Å². The van der Waals surface area contributed by atoms with E-state index in [1.54, 1.807) is 24.3 Å². The van der Waals surface area contributed by atoms with Crippen LogP contribution >= 0.6 is 0 Å². The van der Waals surface area contributed by atoms with Crippen molar-refractivity contribution in [2.24, 2.45) is 11.0 Å². The quantitative estimate of drug-likeness (QED) is 0.546. The summed E-state index contributed by atoms with van der Waals surface area (Å²) < 4.78 is 16.3. The number of carbonyl (C=O) groups excluding carboxylic acids is 2. The molecule has 2 amide bonds. The van der Waals surface area contributed by atoms with Crippen molar-refractivity contribution in [2.75, 3.05) is 53.0 Å². The smallest absolute Gasteiger partial charge is 0.262 e. The zero-order chi connectivity index (χ0) is 24.8. The Balaban J connectivity index is 1.52. The first-order valence-corrected chi connectivity index (χ1v) is 12.1. The van der Waals surface area contributed by atoms with Gasteiger partial charge >= 0.3 is 0 Å². The number of benzene rings is 1. The van der Waals surface area contributed by atoms with Crippen LogP contribution in [0.3, 0.4) is 0 Å². The third kappa shape index (κ3) is 6.10. The van der Waals surface area contributed by atoms with Crippen LogP contribution in [0.15, 0.2) is 52.2 Å². The lowest BCUT2D eigenvalue weighted by Gasteiger charge is -2.31. The van der Waals surface area contributed by atoms with E-state index < -0.39 is 0 Å². The molecule has 4 rings (SSSR count). The highest BCUT2D eigenvalue weighted by atomic mass is 16.5. The van der Waals surface area contributed by atoms with Gasteiger partial charge in [0.2, 0.25) is 5.91 Å². The maximum atomic E-state index is 13.5. The minimum atomic E-state index is -0.357. The Morgan fingerprint density at radius 2 is 1.91 bits per heavy atom. The van der Waals surface area contributed by atoms with Crippen LogP contribution in [-0.4, -0.2) is 85.4 Å². The molecule has 2 aliphatic heterocycles. The number of hydrazone groups is 1. The maximum Gasteiger partial charge on any atom is 0.262 e. The van der Waals surface area contributed by atoms with Crippen LogP contribution < -0.4 is 4.74 Å². The first-order chi connectivity index (χ1) is 17.0. The Bertz CT molecular complexity index is 1010. The SMILES string of the molecule is COc1ccc(C2=NN(C(=O)CN(CCN3CCOCC3)C(=O)C(C)C)[C@H](c3ccco3)C2)cc1. The predicted octanol–water partition coefficient (Wildman–Crippen LogP) is 2.78. The van der Waals surface area contributed by atoms with Crippen LogP contribution in [0.1, 0.15) is 37.6 Å². The third-order valence-corrected chi connectivity index (χ3v) is 6.38. The zero-order valence-electron chi connectivity index (χ0n) is 20.7. The molecule has 9 heteroatoms. The molecule has 35 heavy (non-hydrogen) atoms. The summed E-state index contributed by atoms with van der Waals surface area (Å²) in [4.78, 5) is 30.4. The van der Waals surface area contributed by atoms with Gasteiger partial charge in [0.25, 0.3) is 5.91 Å². The molecule has 3 heterocycles. The van der Waals surface area contributed by atoms with Gasteiger partial charge in [-0.25, -0.2) is 5.01 Å². The first kappa shape index (κ1) is 24.9. The molecular formula is C26H34N4O5. The minimum Gasteiger partial charge on any atom is -0.497 e. The number of furan rings is 1. The topological polar surface area (TPSA) is 87.8 Å². The van der Waals surface area contributed by atoms with Crippen molar-refractivity contribution in [1.82, 2.24) is 14.8 Å². The molecule has 0 radical (unpaired) electrons. The zero-order valence-corrected chi connectivity index (χ0v) is 20.7. The van der Waals surface area contributed by atoms with Gasteiger partial charge in [-0.3, -0.25) is 14.5 Å². The Labute approximate surface area is 206 Å². The number of morpholine rings is 1. The van der Waals surface area contributed by atoms with Gasteiger partial charge in [0.1, 0.15) is 24.1 Å². The van der Waals surface area contributed by atoms with Crippen LogP contribution in [0.4, 0.5) is 0 Å². The Hall–Kier alpha value is -3.17. The first-order valence-electron chi connectivity index (χ1n) is 12.1. The molecule has 1 saturated heterocycles. The van der Waals surface area contributed by atoms with Crippen molar-refractivity contribution in [1.29, 1.82) is 0 Å². The number of hydrogen-bond donors (Lipinski definition) is 0. The van der Waals surface area contributed by atoms with Crippen molar-refractivity contribution >= 4 is 17.5 Å². The largest absolute Gasteiger partial charge is 0.497 e. The van der Waals surface area contributed by atoms with E-state index in [0.29, 0.717) is 38.5 Å². The summed E-state index contributed by atoms with van der Waals surface area (Å²) in [5.74, 6) is 0.947. The van der Waals surface area contributed by atoms with Crippen molar-refractivity contribution in [3.63, 3.8) is 0 Å². The van der Waals surface area contributed by atoms with Crippen molar-refractivity contribution in [2.45, 2.75) is 26.3 Å². The monoisotopic (exact) mass is 482 g/mol. The van der Waals surface area contributed by atoms with Crippen LogP contribution in [0.25, 0.3) is 0 Å². The molecule has 1 atom stereocenters. The van der Waals surface area contributed by atoms with Crippen LogP contribution in [0, 0.1) is 5.92 Å². The van der Waals surface area contributed by atoms with E-state index in [4.69, 9.17) is 19.0 Å². The van der Waals surface area contributed by atoms with E-state index in [2.05, 4.69) is 4.90 Å². The second-order valence-electron chi connectivity index (χ2n) is 9.12. The average Bonchev–Trinajstić information content (AvgIpc) is 3.57. The molecule has 0 unspecified atom stereocenters. The average molecular weight is 483 g/mol. The summed E-state index contributed by atoms with van der Waals surface area (Å²) in [7, 11) is 1.62. The molecular weight excluding hydrogens is 448 g/mol. The molecule has 9 nitrogen and oxygen atoms in total. The number of hydrogen-bond acceptors (Lipinski definition) is 7. The van der Waals surface area contributed by atoms with Crippen molar-refractivity contribution in [3.05, 3.63) is 54.0 Å². The summed E-state index contributed by atoms with van der Waals surface area (Å²) >= 11 is 0. The summed E-state index contributed by atoms with van der Waals surface area (Å²) in [5.41, 5.74) is 1.71. The summed E-state index contributed by atoms with van der Waals surface area (Å²) in [6.45, 7) is 7.93. The van der Waals surface area contributed by atoms with Crippen molar-refractivity contribution < 1.29 is 23.5 Å². The molecule has 2 aromatic rings. The number of rotatable bonds is 9. The van der Waals surface area contributed by atoms with Gasteiger partial charge < -0.3 is 18.8 Å². The summed E-state index contributed by atoms with van der Waals surface area (Å²) in [6, 6.07) is 10.9. The van der Waals surface area contributed by atoms with Gasteiger partial charge in [0.05, 0.1) is 32.3 Å². The molecule has 2 aliphatic rings. The van der Waals surface area contributed by atoms with Crippen LogP contribution in [-0.2, 0) is 14.3 Å². The van der Waals surface area contributed by atoms with E-state index in [-0.39, 0.29) is 30.3 Å². The van der Waals surface area contributed by atoms with E-state index >= 15 is 0 Å². The Morgan fingerprint density at radius 1 is 1.17 bits per heavy atom.